The summed E-state index contributed by atoms with van der Waals surface area (Å²) >= 11 is 0. The molecule has 4 heterocycles. The largest absolute Gasteiger partial charge is 0.435 e. The van der Waals surface area contributed by atoms with Crippen LogP contribution in [0.5, 0.6) is 0 Å². The molecule has 0 fully saturated rings. The zero-order valence-electron chi connectivity index (χ0n) is 23.5. The summed E-state index contributed by atoms with van der Waals surface area (Å²) in [4.78, 5) is 24.7. The maximum absolute atomic E-state index is 14.3. The number of rotatable bonds is 7. The van der Waals surface area contributed by atoms with Crippen molar-refractivity contribution in [3.63, 3.8) is 0 Å². The average molecular weight is 574 g/mol. The fourth-order valence-electron chi connectivity index (χ4n) is 5.86. The van der Waals surface area contributed by atoms with Gasteiger partial charge in [-0.15, -0.1) is 0 Å². The number of aromatic nitrogens is 5. The first-order valence-corrected chi connectivity index (χ1v) is 13.8. The molecule has 0 radical (unpaired) electrons. The van der Waals surface area contributed by atoms with Gasteiger partial charge in [0.15, 0.2) is 5.69 Å². The lowest BCUT2D eigenvalue weighted by Gasteiger charge is -2.31. The number of alkyl halides is 3. The van der Waals surface area contributed by atoms with Crippen molar-refractivity contribution in [3.05, 3.63) is 95.0 Å². The molecule has 216 valence electrons. The first-order chi connectivity index (χ1) is 20.2. The van der Waals surface area contributed by atoms with Crippen LogP contribution >= 0.6 is 0 Å². The number of hydrogen-bond acceptors (Lipinski definition) is 5. The van der Waals surface area contributed by atoms with Crippen molar-refractivity contribution in [3.8, 4) is 11.1 Å². The van der Waals surface area contributed by atoms with Gasteiger partial charge in [-0.3, -0.25) is 14.5 Å². The highest BCUT2D eigenvalue weighted by molar-refractivity contribution is 6.13. The first-order valence-electron chi connectivity index (χ1n) is 13.8. The van der Waals surface area contributed by atoms with Crippen molar-refractivity contribution in [2.24, 2.45) is 7.05 Å². The predicted octanol–water partition coefficient (Wildman–Crippen LogP) is 5.38. The van der Waals surface area contributed by atoms with Crippen molar-refractivity contribution < 1.29 is 18.0 Å². The van der Waals surface area contributed by atoms with Gasteiger partial charge in [-0.25, -0.2) is 4.98 Å². The minimum atomic E-state index is -4.65. The molecule has 0 saturated carbocycles. The molecule has 42 heavy (non-hydrogen) atoms. The maximum atomic E-state index is 14.3. The zero-order chi connectivity index (χ0) is 29.6. The smallest absolute Gasteiger partial charge is 0.333 e. The molecular formula is C31H30F3N7O. The van der Waals surface area contributed by atoms with E-state index in [0.717, 1.165) is 34.1 Å². The second-order valence-electron chi connectivity index (χ2n) is 10.5. The van der Waals surface area contributed by atoms with Crippen molar-refractivity contribution in [2.75, 3.05) is 18.5 Å². The molecule has 0 bridgehead atoms. The van der Waals surface area contributed by atoms with Gasteiger partial charge in [-0.2, -0.15) is 18.3 Å². The van der Waals surface area contributed by atoms with Gasteiger partial charge in [0.05, 0.1) is 17.5 Å². The molecule has 1 aliphatic rings. The number of halogens is 3. The molecule has 6 rings (SSSR count). The number of hydrogen-bond donors (Lipinski definition) is 1. The second kappa shape index (κ2) is 10.7. The Morgan fingerprint density at radius 3 is 2.57 bits per heavy atom. The van der Waals surface area contributed by atoms with Crippen LogP contribution in [0.15, 0.2) is 61.4 Å². The van der Waals surface area contributed by atoms with Crippen LogP contribution in [0.4, 0.5) is 18.9 Å². The SMILES string of the molecule is CCc1cc(CNC)c2nccc(N3CCc4c(cc(Cn5ccnc5)cc4-c4cn(C)nc4C(F)(F)F)C3=O)c2c1. The molecule has 5 aromatic rings. The van der Waals surface area contributed by atoms with Gasteiger partial charge in [0.1, 0.15) is 0 Å². The standard InChI is InChI=1S/C31H30F3N7O/c1-4-19-11-21(15-35-2)28-25(12-19)27(5-7-37-28)41-9-6-22-23(26-17-39(3)38-29(26)31(32,33)34)13-20(14-24(22)30(41)42)16-40-10-8-36-18-40/h5,7-8,10-14,17-18,35H,4,6,9,15-16H2,1-3H3. The lowest BCUT2D eigenvalue weighted by Crippen LogP contribution is -2.38. The van der Waals surface area contributed by atoms with Gasteiger partial charge in [0, 0.05) is 68.0 Å². The number of anilines is 1. The van der Waals surface area contributed by atoms with Gasteiger partial charge in [-0.1, -0.05) is 13.0 Å². The number of aryl methyl sites for hydroxylation is 2. The lowest BCUT2D eigenvalue weighted by molar-refractivity contribution is -0.140. The normalized spacial score (nSPS) is 13.7. The molecule has 8 nitrogen and oxygen atoms in total. The summed E-state index contributed by atoms with van der Waals surface area (Å²) in [5.41, 5.74) is 4.77. The summed E-state index contributed by atoms with van der Waals surface area (Å²) in [7, 11) is 3.35. The van der Waals surface area contributed by atoms with Crippen molar-refractivity contribution in [2.45, 2.75) is 39.0 Å². The number of amides is 1. The second-order valence-corrected chi connectivity index (χ2v) is 10.5. The van der Waals surface area contributed by atoms with Crippen molar-refractivity contribution >= 4 is 22.5 Å². The van der Waals surface area contributed by atoms with E-state index in [0.29, 0.717) is 48.3 Å². The Morgan fingerprint density at radius 2 is 1.86 bits per heavy atom. The number of nitrogens with zero attached hydrogens (tertiary/aromatic N) is 6. The molecule has 11 heteroatoms. The molecule has 0 spiro atoms. The van der Waals surface area contributed by atoms with Crippen LogP contribution in [0.2, 0.25) is 0 Å². The predicted molar refractivity (Wildman–Crippen MR) is 154 cm³/mol. The van der Waals surface area contributed by atoms with Gasteiger partial charge < -0.3 is 14.8 Å². The molecule has 3 aromatic heterocycles. The minimum Gasteiger partial charge on any atom is -0.333 e. The van der Waals surface area contributed by atoms with E-state index in [4.69, 9.17) is 0 Å². The zero-order valence-corrected chi connectivity index (χ0v) is 23.5. The van der Waals surface area contributed by atoms with Crippen molar-refractivity contribution in [1.29, 1.82) is 0 Å². The molecule has 1 N–H and O–H groups in total. The van der Waals surface area contributed by atoms with E-state index < -0.39 is 11.9 Å². The monoisotopic (exact) mass is 573 g/mol. The molecule has 0 atom stereocenters. The van der Waals surface area contributed by atoms with Gasteiger partial charge in [0.25, 0.3) is 5.91 Å². The summed E-state index contributed by atoms with van der Waals surface area (Å²) in [6, 6.07) is 9.58. The van der Waals surface area contributed by atoms with E-state index in [1.54, 1.807) is 42.0 Å². The molecule has 0 aliphatic carbocycles. The molecular weight excluding hydrogens is 543 g/mol. The van der Waals surface area contributed by atoms with E-state index in [-0.39, 0.29) is 11.5 Å². The highest BCUT2D eigenvalue weighted by Crippen LogP contribution is 2.41. The van der Waals surface area contributed by atoms with Crippen LogP contribution in [-0.2, 0) is 39.2 Å². The third kappa shape index (κ3) is 4.94. The molecule has 1 amide bonds. The van der Waals surface area contributed by atoms with E-state index in [1.165, 1.54) is 17.9 Å². The van der Waals surface area contributed by atoms with Gasteiger partial charge in [0.2, 0.25) is 0 Å². The summed E-state index contributed by atoms with van der Waals surface area (Å²) in [5.74, 6) is -0.257. The topological polar surface area (TPSA) is 80.9 Å². The van der Waals surface area contributed by atoms with Crippen molar-refractivity contribution in [1.82, 2.24) is 29.6 Å². The minimum absolute atomic E-state index is 0.0337. The quantitative estimate of drug-likeness (QED) is 0.283. The molecule has 0 unspecified atom stereocenters. The van der Waals surface area contributed by atoms with E-state index in [1.807, 2.05) is 17.7 Å². The van der Waals surface area contributed by atoms with Crippen LogP contribution in [0, 0.1) is 0 Å². The summed E-state index contributed by atoms with van der Waals surface area (Å²) in [6.45, 7) is 3.38. The Balaban J connectivity index is 1.52. The Labute approximate surface area is 240 Å². The van der Waals surface area contributed by atoms with E-state index >= 15 is 0 Å². The number of benzene rings is 2. The fourth-order valence-corrected chi connectivity index (χ4v) is 5.86. The third-order valence-corrected chi connectivity index (χ3v) is 7.71. The maximum Gasteiger partial charge on any atom is 0.435 e. The Bertz CT molecular complexity index is 1790. The number of imidazole rings is 1. The number of carbonyl (C=O) groups is 1. The number of fused-ring (bicyclic) bond motifs is 2. The molecule has 1 aliphatic heterocycles. The summed E-state index contributed by atoms with van der Waals surface area (Å²) in [6.07, 6.45) is 4.69. The summed E-state index contributed by atoms with van der Waals surface area (Å²) in [5, 5.41) is 7.81. The lowest BCUT2D eigenvalue weighted by atomic mass is 9.87. The first kappa shape index (κ1) is 27.6. The number of nitrogens with one attached hydrogen (secondary N) is 1. The fraction of sp³-hybridized carbons (Fsp3) is 0.290. The van der Waals surface area contributed by atoms with E-state index in [9.17, 15) is 18.0 Å². The van der Waals surface area contributed by atoms with Crippen LogP contribution in [0.3, 0.4) is 0 Å². The van der Waals surface area contributed by atoms with Crippen LogP contribution in [0.1, 0.15) is 45.2 Å². The number of pyridine rings is 1. The highest BCUT2D eigenvalue weighted by atomic mass is 19.4. The Morgan fingerprint density at radius 1 is 1.05 bits per heavy atom. The Hall–Kier alpha value is -4.51. The summed E-state index contributed by atoms with van der Waals surface area (Å²) < 4.78 is 45.2. The molecule has 0 saturated heterocycles. The average Bonchev–Trinajstić information content (AvgIpc) is 3.62. The molecule has 2 aromatic carbocycles. The van der Waals surface area contributed by atoms with Gasteiger partial charge >= 0.3 is 6.18 Å². The van der Waals surface area contributed by atoms with E-state index in [2.05, 4.69) is 39.4 Å². The third-order valence-electron chi connectivity index (χ3n) is 7.71. The van der Waals surface area contributed by atoms with Crippen LogP contribution in [-0.4, -0.2) is 43.8 Å². The Kier molecular flexibility index (Phi) is 7.05. The number of carbonyl (C=O) groups excluding carboxylic acids is 1. The van der Waals surface area contributed by atoms with Crippen LogP contribution in [0.25, 0.3) is 22.0 Å². The highest BCUT2D eigenvalue weighted by Gasteiger charge is 2.39. The van der Waals surface area contributed by atoms with Crippen LogP contribution < -0.4 is 10.2 Å². The van der Waals surface area contributed by atoms with Gasteiger partial charge in [-0.05, 0) is 72.0 Å².